The van der Waals surface area contributed by atoms with Crippen LogP contribution in [0.5, 0.6) is 0 Å². The average Bonchev–Trinajstić information content (AvgIpc) is 2.72. The first-order chi connectivity index (χ1) is 8.16. The highest BCUT2D eigenvalue weighted by atomic mass is 79.9. The molecule has 4 nitrogen and oxygen atoms in total. The van der Waals surface area contributed by atoms with Gasteiger partial charge in [-0.15, -0.1) is 11.3 Å². The number of nitrogens with one attached hydrogen (secondary N) is 1. The third-order valence-electron chi connectivity index (χ3n) is 2.77. The summed E-state index contributed by atoms with van der Waals surface area (Å²) in [4.78, 5) is 14.6. The van der Waals surface area contributed by atoms with E-state index in [2.05, 4.69) is 21.2 Å². The van der Waals surface area contributed by atoms with Gasteiger partial charge >= 0.3 is 6.03 Å². The average molecular weight is 319 g/mol. The fraction of sp³-hybridized carbons (Fsp3) is 0.545. The number of amides is 2. The lowest BCUT2D eigenvalue weighted by Gasteiger charge is -2.30. The minimum Gasteiger partial charge on any atom is -0.391 e. The summed E-state index contributed by atoms with van der Waals surface area (Å²) in [5.74, 6) is 0. The number of thiophene rings is 1. The number of hydrogen-bond acceptors (Lipinski definition) is 3. The molecule has 0 saturated carbocycles. The molecule has 0 aromatic carbocycles. The Kier molecular flexibility index (Phi) is 4.42. The topological polar surface area (TPSA) is 52.6 Å². The molecule has 1 fully saturated rings. The normalized spacial score (nSPS) is 20.4. The number of likely N-dealkylation sites (tertiary alicyclic amines) is 1. The molecule has 2 N–H and O–H groups in total. The first kappa shape index (κ1) is 12.9. The van der Waals surface area contributed by atoms with Gasteiger partial charge in [-0.05, 0) is 40.2 Å². The number of hydrogen-bond donors (Lipinski definition) is 2. The lowest BCUT2D eigenvalue weighted by molar-refractivity contribution is 0.0842. The van der Waals surface area contributed by atoms with Crippen molar-refractivity contribution in [3.05, 3.63) is 20.8 Å². The Morgan fingerprint density at radius 1 is 1.71 bits per heavy atom. The fourth-order valence-electron chi connectivity index (χ4n) is 1.86. The molecule has 0 radical (unpaired) electrons. The van der Waals surface area contributed by atoms with E-state index in [1.807, 2.05) is 11.4 Å². The van der Waals surface area contributed by atoms with Crippen molar-refractivity contribution in [1.82, 2.24) is 10.2 Å². The van der Waals surface area contributed by atoms with Gasteiger partial charge in [0.25, 0.3) is 0 Å². The van der Waals surface area contributed by atoms with Gasteiger partial charge in [-0.25, -0.2) is 4.79 Å². The van der Waals surface area contributed by atoms with Crippen molar-refractivity contribution in [2.45, 2.75) is 25.5 Å². The molecule has 1 unspecified atom stereocenters. The van der Waals surface area contributed by atoms with Crippen molar-refractivity contribution in [3.8, 4) is 0 Å². The van der Waals surface area contributed by atoms with Crippen molar-refractivity contribution < 1.29 is 9.90 Å². The van der Waals surface area contributed by atoms with E-state index in [9.17, 15) is 9.90 Å². The number of aliphatic hydroxyl groups is 1. The van der Waals surface area contributed by atoms with Crippen LogP contribution in [0.4, 0.5) is 4.79 Å². The summed E-state index contributed by atoms with van der Waals surface area (Å²) in [6, 6.07) is 1.88. The lowest BCUT2D eigenvalue weighted by atomic mass is 10.1. The molecule has 6 heteroatoms. The third-order valence-corrected chi connectivity index (χ3v) is 4.70. The van der Waals surface area contributed by atoms with E-state index in [4.69, 9.17) is 0 Å². The van der Waals surface area contributed by atoms with Crippen LogP contribution in [0, 0.1) is 0 Å². The number of halogens is 1. The second-order valence-corrected chi connectivity index (χ2v) is 5.95. The van der Waals surface area contributed by atoms with Crippen molar-refractivity contribution in [3.63, 3.8) is 0 Å². The Hall–Kier alpha value is -0.590. The van der Waals surface area contributed by atoms with E-state index in [-0.39, 0.29) is 12.1 Å². The Morgan fingerprint density at radius 3 is 3.18 bits per heavy atom. The zero-order valence-electron chi connectivity index (χ0n) is 9.36. The van der Waals surface area contributed by atoms with Crippen LogP contribution in [0.25, 0.3) is 0 Å². The highest BCUT2D eigenvalue weighted by Crippen LogP contribution is 2.22. The molecule has 17 heavy (non-hydrogen) atoms. The van der Waals surface area contributed by atoms with Crippen LogP contribution >= 0.6 is 27.3 Å². The Balaban J connectivity index is 1.83. The molecule has 94 valence electrons. The Labute approximate surface area is 113 Å². The second-order valence-electron chi connectivity index (χ2n) is 4.09. The van der Waals surface area contributed by atoms with Gasteiger partial charge in [0.15, 0.2) is 0 Å². The van der Waals surface area contributed by atoms with Gasteiger partial charge in [0.1, 0.15) is 0 Å². The predicted molar refractivity (Wildman–Crippen MR) is 71.1 cm³/mol. The second kappa shape index (κ2) is 5.84. The summed E-state index contributed by atoms with van der Waals surface area (Å²) in [6.07, 6.45) is 1.29. The smallest absolute Gasteiger partial charge is 0.317 e. The van der Waals surface area contributed by atoms with Crippen molar-refractivity contribution in [1.29, 1.82) is 0 Å². The third kappa shape index (κ3) is 3.43. The summed E-state index contributed by atoms with van der Waals surface area (Å²) in [5, 5.41) is 14.4. The first-order valence-electron chi connectivity index (χ1n) is 5.59. The molecular weight excluding hydrogens is 304 g/mol. The van der Waals surface area contributed by atoms with Gasteiger partial charge in [-0.2, -0.15) is 0 Å². The molecular formula is C11H15BrN2O2S. The molecule has 0 bridgehead atoms. The lowest BCUT2D eigenvalue weighted by Crippen LogP contribution is -2.46. The number of nitrogens with zero attached hydrogens (tertiary/aromatic N) is 1. The predicted octanol–water partition coefficient (Wildman–Crippen LogP) is 2.18. The zero-order valence-corrected chi connectivity index (χ0v) is 11.8. The van der Waals surface area contributed by atoms with Crippen LogP contribution in [-0.4, -0.2) is 35.2 Å². The molecule has 0 spiro atoms. The minimum atomic E-state index is -0.372. The summed E-state index contributed by atoms with van der Waals surface area (Å²) in [7, 11) is 0. The maximum absolute atomic E-state index is 11.8. The summed E-state index contributed by atoms with van der Waals surface area (Å²) in [5.41, 5.74) is 0. The monoisotopic (exact) mass is 318 g/mol. The molecule has 1 atom stereocenters. The maximum atomic E-state index is 11.8. The molecule has 1 aromatic heterocycles. The highest BCUT2D eigenvalue weighted by Gasteiger charge is 2.21. The van der Waals surface area contributed by atoms with E-state index in [1.165, 1.54) is 0 Å². The van der Waals surface area contributed by atoms with Gasteiger partial charge in [-0.1, -0.05) is 0 Å². The Morgan fingerprint density at radius 2 is 2.53 bits per heavy atom. The van der Waals surface area contributed by atoms with Gasteiger partial charge < -0.3 is 15.3 Å². The first-order valence-corrected chi connectivity index (χ1v) is 7.27. The molecule has 1 saturated heterocycles. The largest absolute Gasteiger partial charge is 0.391 e. The standard InChI is InChI=1S/C11H15BrN2O2S/c12-9-3-5-17-10(9)6-13-11(16)14-4-1-2-8(15)7-14/h3,5,8,15H,1-2,4,6-7H2,(H,13,16). The molecule has 1 aliphatic rings. The SMILES string of the molecule is O=C(NCc1sccc1Br)N1CCCC(O)C1. The van der Waals surface area contributed by atoms with Crippen LogP contribution < -0.4 is 5.32 Å². The van der Waals surface area contributed by atoms with Crippen LogP contribution in [-0.2, 0) is 6.54 Å². The fourth-order valence-corrected chi connectivity index (χ4v) is 3.29. The van der Waals surface area contributed by atoms with Crippen LogP contribution in [0.2, 0.25) is 0 Å². The highest BCUT2D eigenvalue weighted by molar-refractivity contribution is 9.10. The molecule has 1 aromatic rings. The van der Waals surface area contributed by atoms with Gasteiger partial charge in [0.05, 0.1) is 12.6 Å². The number of carbonyl (C=O) groups excluding carboxylic acids is 1. The molecule has 1 aliphatic heterocycles. The molecule has 0 aliphatic carbocycles. The summed E-state index contributed by atoms with van der Waals surface area (Å²) < 4.78 is 1.03. The molecule has 2 rings (SSSR count). The minimum absolute atomic E-state index is 0.0935. The zero-order chi connectivity index (χ0) is 12.3. The number of β-amino-alcohol motifs (C(OH)–C–C–N with tert-alkyl or cyclic N) is 1. The van der Waals surface area contributed by atoms with Crippen LogP contribution in [0.15, 0.2) is 15.9 Å². The van der Waals surface area contributed by atoms with E-state index in [1.54, 1.807) is 16.2 Å². The summed E-state index contributed by atoms with van der Waals surface area (Å²) >= 11 is 5.04. The van der Waals surface area contributed by atoms with Crippen molar-refractivity contribution >= 4 is 33.3 Å². The van der Waals surface area contributed by atoms with E-state index in [0.717, 1.165) is 28.7 Å². The number of carbonyl (C=O) groups is 1. The van der Waals surface area contributed by atoms with E-state index in [0.29, 0.717) is 13.1 Å². The number of aliphatic hydroxyl groups excluding tert-OH is 1. The maximum Gasteiger partial charge on any atom is 0.317 e. The van der Waals surface area contributed by atoms with Gasteiger partial charge in [0, 0.05) is 22.4 Å². The molecule has 2 amide bonds. The number of rotatable bonds is 2. The molecule has 2 heterocycles. The van der Waals surface area contributed by atoms with E-state index >= 15 is 0 Å². The Bertz CT molecular complexity index is 397. The summed E-state index contributed by atoms with van der Waals surface area (Å²) in [6.45, 7) is 1.70. The number of piperidine rings is 1. The van der Waals surface area contributed by atoms with Crippen LogP contribution in [0.3, 0.4) is 0 Å². The quantitative estimate of drug-likeness (QED) is 0.878. The van der Waals surface area contributed by atoms with E-state index < -0.39 is 0 Å². The van der Waals surface area contributed by atoms with Gasteiger partial charge in [-0.3, -0.25) is 0 Å². The van der Waals surface area contributed by atoms with Gasteiger partial charge in [0.2, 0.25) is 0 Å². The number of urea groups is 1. The van der Waals surface area contributed by atoms with Crippen molar-refractivity contribution in [2.24, 2.45) is 0 Å². The van der Waals surface area contributed by atoms with Crippen molar-refractivity contribution in [2.75, 3.05) is 13.1 Å². The van der Waals surface area contributed by atoms with Crippen LogP contribution in [0.1, 0.15) is 17.7 Å².